The number of para-hydroxylation sites is 1. The fourth-order valence-electron chi connectivity index (χ4n) is 2.14. The molecule has 3 rings (SSSR count). The molecular formula is C14H14N6O2S. The van der Waals surface area contributed by atoms with Gasteiger partial charge in [0.15, 0.2) is 10.2 Å². The van der Waals surface area contributed by atoms with Gasteiger partial charge in [0.2, 0.25) is 6.33 Å². The summed E-state index contributed by atoms with van der Waals surface area (Å²) in [6, 6.07) is 7.64. The summed E-state index contributed by atoms with van der Waals surface area (Å²) in [6.45, 7) is 2.70. The second kappa shape index (κ2) is 6.21. The van der Waals surface area contributed by atoms with Crippen LogP contribution in [0.2, 0.25) is 0 Å². The fraction of sp³-hybridized carbons (Fsp3) is 0.214. The Morgan fingerprint density at radius 1 is 1.35 bits per heavy atom. The summed E-state index contributed by atoms with van der Waals surface area (Å²) < 4.78 is 1.59. The van der Waals surface area contributed by atoms with E-state index in [4.69, 9.17) is 0 Å². The topological polar surface area (TPSA) is 98.8 Å². The molecule has 0 saturated carbocycles. The van der Waals surface area contributed by atoms with Gasteiger partial charge in [-0.1, -0.05) is 12.1 Å². The number of nitro groups is 1. The second-order valence-corrected chi connectivity index (χ2v) is 5.70. The number of imidazole rings is 1. The van der Waals surface area contributed by atoms with Crippen LogP contribution < -0.4 is 5.32 Å². The molecule has 0 bridgehead atoms. The van der Waals surface area contributed by atoms with Gasteiger partial charge in [0, 0.05) is 19.0 Å². The van der Waals surface area contributed by atoms with E-state index >= 15 is 0 Å². The molecule has 0 atom stereocenters. The molecule has 3 aromatic rings. The van der Waals surface area contributed by atoms with Crippen molar-refractivity contribution >= 4 is 34.3 Å². The first-order chi connectivity index (χ1) is 11.1. The monoisotopic (exact) mass is 330 g/mol. The molecule has 8 nitrogen and oxygen atoms in total. The number of fused-ring (bicyclic) bond motifs is 1. The summed E-state index contributed by atoms with van der Waals surface area (Å²) in [5, 5.41) is 16.0. The van der Waals surface area contributed by atoms with Crippen LogP contribution >= 0.6 is 11.8 Å². The van der Waals surface area contributed by atoms with E-state index in [0.29, 0.717) is 16.0 Å². The van der Waals surface area contributed by atoms with Gasteiger partial charge in [-0.2, -0.15) is 0 Å². The Bertz CT molecular complexity index is 879. The van der Waals surface area contributed by atoms with Crippen LogP contribution in [0.25, 0.3) is 10.9 Å². The van der Waals surface area contributed by atoms with E-state index in [2.05, 4.69) is 20.3 Å². The standard InChI is InChI=1S/C14H14N6O2S/c1-3-15-11-9-6-4-5-7-10(9)17-14(18-11)23-13-12(20(21)22)16-8-19(13)2/h4-8H,3H2,1-2H3,(H,15,17,18). The highest BCUT2D eigenvalue weighted by Gasteiger charge is 2.22. The van der Waals surface area contributed by atoms with Crippen LogP contribution in [-0.4, -0.2) is 31.0 Å². The maximum Gasteiger partial charge on any atom is 0.396 e. The molecule has 0 aliphatic rings. The van der Waals surface area contributed by atoms with E-state index in [1.807, 2.05) is 31.2 Å². The SMILES string of the molecule is CCNc1nc(Sc2c([N+](=O)[O-])ncn2C)nc2ccccc12. The van der Waals surface area contributed by atoms with E-state index in [-0.39, 0.29) is 5.82 Å². The molecule has 0 saturated heterocycles. The number of hydrogen-bond acceptors (Lipinski definition) is 7. The van der Waals surface area contributed by atoms with Crippen molar-refractivity contribution in [1.82, 2.24) is 19.5 Å². The minimum atomic E-state index is -0.505. The molecule has 0 amide bonds. The molecular weight excluding hydrogens is 316 g/mol. The third-order valence-electron chi connectivity index (χ3n) is 3.15. The van der Waals surface area contributed by atoms with Crippen molar-refractivity contribution < 1.29 is 4.92 Å². The molecule has 1 N–H and O–H groups in total. The predicted octanol–water partition coefficient (Wildman–Crippen LogP) is 2.85. The van der Waals surface area contributed by atoms with Crippen LogP contribution in [0.3, 0.4) is 0 Å². The number of aryl methyl sites for hydroxylation is 1. The van der Waals surface area contributed by atoms with E-state index in [0.717, 1.165) is 29.2 Å². The van der Waals surface area contributed by atoms with Crippen LogP contribution in [0, 0.1) is 10.1 Å². The van der Waals surface area contributed by atoms with Gasteiger partial charge in [-0.3, -0.25) is 0 Å². The number of nitrogens with zero attached hydrogens (tertiary/aromatic N) is 5. The highest BCUT2D eigenvalue weighted by molar-refractivity contribution is 7.99. The molecule has 0 spiro atoms. The predicted molar refractivity (Wildman–Crippen MR) is 87.7 cm³/mol. The van der Waals surface area contributed by atoms with Gasteiger partial charge >= 0.3 is 5.82 Å². The Balaban J connectivity index is 2.07. The van der Waals surface area contributed by atoms with E-state index in [9.17, 15) is 10.1 Å². The average molecular weight is 330 g/mol. The zero-order chi connectivity index (χ0) is 16.4. The van der Waals surface area contributed by atoms with Crippen molar-refractivity contribution in [2.45, 2.75) is 17.1 Å². The summed E-state index contributed by atoms with van der Waals surface area (Å²) in [5.74, 6) is 0.518. The third kappa shape index (κ3) is 2.95. The Kier molecular flexibility index (Phi) is 4.11. The zero-order valence-corrected chi connectivity index (χ0v) is 13.4. The smallest absolute Gasteiger partial charge is 0.370 e. The molecule has 2 aromatic heterocycles. The maximum absolute atomic E-state index is 11.1. The first-order valence-corrected chi connectivity index (χ1v) is 7.76. The lowest BCUT2D eigenvalue weighted by molar-refractivity contribution is -0.392. The molecule has 0 aliphatic carbocycles. The van der Waals surface area contributed by atoms with Crippen molar-refractivity contribution in [3.63, 3.8) is 0 Å². The van der Waals surface area contributed by atoms with Gasteiger partial charge in [-0.05, 0) is 40.7 Å². The lowest BCUT2D eigenvalue weighted by Crippen LogP contribution is -2.03. The molecule has 2 heterocycles. The largest absolute Gasteiger partial charge is 0.396 e. The number of hydrogen-bond donors (Lipinski definition) is 1. The summed E-state index contributed by atoms with van der Waals surface area (Å²) >= 11 is 1.13. The highest BCUT2D eigenvalue weighted by Crippen LogP contribution is 2.33. The van der Waals surface area contributed by atoms with Gasteiger partial charge in [-0.25, -0.2) is 9.97 Å². The van der Waals surface area contributed by atoms with Crippen molar-refractivity contribution in [2.75, 3.05) is 11.9 Å². The molecule has 118 valence electrons. The lowest BCUT2D eigenvalue weighted by atomic mass is 10.2. The first-order valence-electron chi connectivity index (χ1n) is 6.94. The van der Waals surface area contributed by atoms with Crippen LogP contribution in [0.4, 0.5) is 11.6 Å². The molecule has 9 heteroatoms. The molecule has 0 aliphatic heterocycles. The van der Waals surface area contributed by atoms with Gasteiger partial charge < -0.3 is 20.0 Å². The molecule has 23 heavy (non-hydrogen) atoms. The van der Waals surface area contributed by atoms with E-state index in [1.165, 1.54) is 6.33 Å². The van der Waals surface area contributed by atoms with Crippen LogP contribution in [0.15, 0.2) is 40.8 Å². The Morgan fingerprint density at radius 3 is 2.87 bits per heavy atom. The van der Waals surface area contributed by atoms with Crippen molar-refractivity contribution in [3.05, 3.63) is 40.7 Å². The number of nitrogens with one attached hydrogen (secondary N) is 1. The quantitative estimate of drug-likeness (QED) is 0.436. The lowest BCUT2D eigenvalue weighted by Gasteiger charge is -2.09. The van der Waals surface area contributed by atoms with Crippen LogP contribution in [-0.2, 0) is 7.05 Å². The molecule has 0 unspecified atom stereocenters. The normalized spacial score (nSPS) is 10.9. The second-order valence-electron chi connectivity index (χ2n) is 4.75. The van der Waals surface area contributed by atoms with Crippen molar-refractivity contribution in [2.24, 2.45) is 7.05 Å². The minimum absolute atomic E-state index is 0.195. The van der Waals surface area contributed by atoms with E-state index in [1.54, 1.807) is 11.6 Å². The molecule has 0 fully saturated rings. The van der Waals surface area contributed by atoms with Crippen LogP contribution in [0.5, 0.6) is 0 Å². The Labute approximate surface area is 136 Å². The fourth-order valence-corrected chi connectivity index (χ4v) is 3.00. The minimum Gasteiger partial charge on any atom is -0.370 e. The molecule has 1 aromatic carbocycles. The van der Waals surface area contributed by atoms with Crippen LogP contribution in [0.1, 0.15) is 6.92 Å². The van der Waals surface area contributed by atoms with Crippen molar-refractivity contribution in [3.8, 4) is 0 Å². The zero-order valence-electron chi connectivity index (χ0n) is 12.6. The average Bonchev–Trinajstić information content (AvgIpc) is 2.89. The van der Waals surface area contributed by atoms with Gasteiger partial charge in [0.05, 0.1) is 5.52 Å². The Morgan fingerprint density at radius 2 is 2.13 bits per heavy atom. The molecule has 0 radical (unpaired) electrons. The Hall–Kier alpha value is -2.68. The van der Waals surface area contributed by atoms with E-state index < -0.39 is 4.92 Å². The highest BCUT2D eigenvalue weighted by atomic mass is 32.2. The first kappa shape index (κ1) is 15.2. The van der Waals surface area contributed by atoms with Gasteiger partial charge in [0.25, 0.3) is 0 Å². The maximum atomic E-state index is 11.1. The number of benzene rings is 1. The van der Waals surface area contributed by atoms with Gasteiger partial charge in [-0.15, -0.1) is 0 Å². The third-order valence-corrected chi connectivity index (χ3v) is 4.18. The summed E-state index contributed by atoms with van der Waals surface area (Å²) in [6.07, 6.45) is 1.41. The number of aromatic nitrogens is 4. The summed E-state index contributed by atoms with van der Waals surface area (Å²) in [7, 11) is 1.70. The summed E-state index contributed by atoms with van der Waals surface area (Å²) in [5.41, 5.74) is 0.783. The van der Waals surface area contributed by atoms with Gasteiger partial charge in [0.1, 0.15) is 5.82 Å². The summed E-state index contributed by atoms with van der Waals surface area (Å²) in [4.78, 5) is 23.3. The number of rotatable bonds is 5. The van der Waals surface area contributed by atoms with Crippen molar-refractivity contribution in [1.29, 1.82) is 0 Å². The number of anilines is 1.